The molecule has 0 bridgehead atoms. The van der Waals surface area contributed by atoms with Crippen LogP contribution in [0.3, 0.4) is 0 Å². The summed E-state index contributed by atoms with van der Waals surface area (Å²) in [5.74, 6) is 0. The van der Waals surface area contributed by atoms with Crippen molar-refractivity contribution in [1.82, 2.24) is 14.9 Å². The Balaban J connectivity index is 2.20. The Kier molecular flexibility index (Phi) is 6.04. The smallest absolute Gasteiger partial charge is 0.0949 e. The number of hydrogen-bond donors (Lipinski definition) is 1. The predicted octanol–water partition coefficient (Wildman–Crippen LogP) is 1.07. The zero-order valence-corrected chi connectivity index (χ0v) is 9.70. The number of ether oxygens (including phenoxy) is 1. The van der Waals surface area contributed by atoms with Crippen LogP contribution in [0.5, 0.6) is 0 Å². The molecule has 1 N–H and O–H groups in total. The fraction of sp³-hybridized carbons (Fsp3) is 0.727. The molecule has 1 rings (SSSR count). The van der Waals surface area contributed by atoms with Gasteiger partial charge in [0.1, 0.15) is 0 Å². The molecule has 0 atom stereocenters. The van der Waals surface area contributed by atoms with Gasteiger partial charge in [-0.25, -0.2) is 4.98 Å². The van der Waals surface area contributed by atoms with Crippen molar-refractivity contribution < 1.29 is 4.74 Å². The van der Waals surface area contributed by atoms with E-state index in [1.54, 1.807) is 0 Å². The third-order valence-electron chi connectivity index (χ3n) is 2.23. The maximum Gasteiger partial charge on any atom is 0.0949 e. The summed E-state index contributed by atoms with van der Waals surface area (Å²) in [6.45, 7) is 5.63. The average Bonchev–Trinajstić information content (AvgIpc) is 2.69. The lowest BCUT2D eigenvalue weighted by atomic mass is 10.3. The minimum Gasteiger partial charge on any atom is -0.382 e. The molecule has 0 saturated carbocycles. The topological polar surface area (TPSA) is 39.1 Å². The maximum atomic E-state index is 5.28. The Morgan fingerprint density at radius 1 is 1.53 bits per heavy atom. The van der Waals surface area contributed by atoms with Crippen LogP contribution in [0.4, 0.5) is 0 Å². The van der Waals surface area contributed by atoms with Crippen molar-refractivity contribution >= 4 is 0 Å². The SMILES string of the molecule is CCOCCCn1cnc(CCNC)c1. The summed E-state index contributed by atoms with van der Waals surface area (Å²) < 4.78 is 7.41. The Morgan fingerprint density at radius 3 is 3.13 bits per heavy atom. The van der Waals surface area contributed by atoms with Crippen molar-refractivity contribution in [1.29, 1.82) is 0 Å². The molecule has 0 spiro atoms. The van der Waals surface area contributed by atoms with Crippen molar-refractivity contribution in [3.05, 3.63) is 18.2 Å². The average molecular weight is 211 g/mol. The molecule has 1 aromatic rings. The van der Waals surface area contributed by atoms with Gasteiger partial charge >= 0.3 is 0 Å². The van der Waals surface area contributed by atoms with Crippen molar-refractivity contribution in [2.75, 3.05) is 26.8 Å². The summed E-state index contributed by atoms with van der Waals surface area (Å²) in [5.41, 5.74) is 1.15. The van der Waals surface area contributed by atoms with Crippen LogP contribution in [0.15, 0.2) is 12.5 Å². The fourth-order valence-corrected chi connectivity index (χ4v) is 1.40. The summed E-state index contributed by atoms with van der Waals surface area (Å²) in [4.78, 5) is 4.33. The number of likely N-dealkylation sites (N-methyl/N-ethyl adjacent to an activating group) is 1. The summed E-state index contributed by atoms with van der Waals surface area (Å²) in [5, 5.41) is 3.12. The van der Waals surface area contributed by atoms with Crippen molar-refractivity contribution in [3.63, 3.8) is 0 Å². The molecule has 1 heterocycles. The molecule has 0 fully saturated rings. The molecule has 15 heavy (non-hydrogen) atoms. The number of aromatic nitrogens is 2. The summed E-state index contributed by atoms with van der Waals surface area (Å²) in [6, 6.07) is 0. The van der Waals surface area contributed by atoms with Gasteiger partial charge in [-0.1, -0.05) is 0 Å². The second-order valence-corrected chi connectivity index (χ2v) is 3.51. The van der Waals surface area contributed by atoms with Crippen LogP contribution in [0.1, 0.15) is 19.0 Å². The highest BCUT2D eigenvalue weighted by Crippen LogP contribution is 1.98. The van der Waals surface area contributed by atoms with E-state index in [1.807, 2.05) is 20.3 Å². The molecule has 0 radical (unpaired) electrons. The molecule has 0 aliphatic carbocycles. The molecule has 86 valence electrons. The van der Waals surface area contributed by atoms with Gasteiger partial charge in [-0.3, -0.25) is 0 Å². The van der Waals surface area contributed by atoms with E-state index < -0.39 is 0 Å². The fourth-order valence-electron chi connectivity index (χ4n) is 1.40. The van der Waals surface area contributed by atoms with Crippen LogP contribution in [-0.2, 0) is 17.7 Å². The van der Waals surface area contributed by atoms with Gasteiger partial charge in [-0.2, -0.15) is 0 Å². The first-order chi connectivity index (χ1) is 7.36. The first kappa shape index (κ1) is 12.2. The number of nitrogens with zero attached hydrogens (tertiary/aromatic N) is 2. The molecule has 0 aliphatic heterocycles. The van der Waals surface area contributed by atoms with E-state index in [4.69, 9.17) is 4.74 Å². The molecular weight excluding hydrogens is 190 g/mol. The van der Waals surface area contributed by atoms with E-state index in [2.05, 4.69) is 21.1 Å². The summed E-state index contributed by atoms with van der Waals surface area (Å²) in [6.07, 6.45) is 6.06. The van der Waals surface area contributed by atoms with E-state index >= 15 is 0 Å². The number of nitrogens with one attached hydrogen (secondary N) is 1. The minimum atomic E-state index is 0.803. The standard InChI is InChI=1S/C11H21N3O/c1-3-15-8-4-7-14-9-11(13-10-14)5-6-12-2/h9-10,12H,3-8H2,1-2H3. The molecule has 0 aliphatic rings. The quantitative estimate of drug-likeness (QED) is 0.654. The lowest BCUT2D eigenvalue weighted by molar-refractivity contribution is 0.141. The van der Waals surface area contributed by atoms with Crippen LogP contribution in [-0.4, -0.2) is 36.4 Å². The van der Waals surface area contributed by atoms with Gasteiger partial charge in [0.05, 0.1) is 12.0 Å². The molecule has 0 amide bonds. The van der Waals surface area contributed by atoms with Crippen LogP contribution >= 0.6 is 0 Å². The van der Waals surface area contributed by atoms with Gasteiger partial charge in [0.2, 0.25) is 0 Å². The van der Waals surface area contributed by atoms with Crippen molar-refractivity contribution in [3.8, 4) is 0 Å². The summed E-state index contributed by atoms with van der Waals surface area (Å²) in [7, 11) is 1.96. The van der Waals surface area contributed by atoms with E-state index in [1.165, 1.54) is 0 Å². The lowest BCUT2D eigenvalue weighted by Crippen LogP contribution is -2.10. The number of hydrogen-bond acceptors (Lipinski definition) is 3. The number of imidazole rings is 1. The van der Waals surface area contributed by atoms with Crippen molar-refractivity contribution in [2.45, 2.75) is 26.3 Å². The van der Waals surface area contributed by atoms with Gasteiger partial charge in [0.15, 0.2) is 0 Å². The zero-order valence-electron chi connectivity index (χ0n) is 9.70. The normalized spacial score (nSPS) is 10.8. The number of aryl methyl sites for hydroxylation is 1. The minimum absolute atomic E-state index is 0.803. The highest BCUT2D eigenvalue weighted by atomic mass is 16.5. The van der Waals surface area contributed by atoms with Gasteiger partial charge < -0.3 is 14.6 Å². The van der Waals surface area contributed by atoms with Crippen molar-refractivity contribution in [2.24, 2.45) is 0 Å². The van der Waals surface area contributed by atoms with E-state index in [-0.39, 0.29) is 0 Å². The Hall–Kier alpha value is -0.870. The summed E-state index contributed by atoms with van der Waals surface area (Å²) >= 11 is 0. The lowest BCUT2D eigenvalue weighted by Gasteiger charge is -2.01. The molecule has 1 aromatic heterocycles. The van der Waals surface area contributed by atoms with Crippen LogP contribution < -0.4 is 5.32 Å². The second-order valence-electron chi connectivity index (χ2n) is 3.51. The van der Waals surface area contributed by atoms with Crippen LogP contribution in [0.2, 0.25) is 0 Å². The Bertz CT molecular complexity index is 260. The highest BCUT2D eigenvalue weighted by Gasteiger charge is 1.97. The first-order valence-corrected chi connectivity index (χ1v) is 5.59. The van der Waals surface area contributed by atoms with E-state index in [0.29, 0.717) is 0 Å². The molecule has 0 unspecified atom stereocenters. The van der Waals surface area contributed by atoms with Gasteiger partial charge in [0, 0.05) is 38.9 Å². The van der Waals surface area contributed by atoms with Gasteiger partial charge in [-0.15, -0.1) is 0 Å². The van der Waals surface area contributed by atoms with E-state index in [0.717, 1.165) is 44.8 Å². The van der Waals surface area contributed by atoms with Gasteiger partial charge in [-0.05, 0) is 20.4 Å². The third-order valence-corrected chi connectivity index (χ3v) is 2.23. The van der Waals surface area contributed by atoms with Crippen LogP contribution in [0, 0.1) is 0 Å². The third kappa shape index (κ3) is 4.95. The molecular formula is C11H21N3O. The molecule has 0 saturated heterocycles. The zero-order chi connectivity index (χ0) is 10.9. The molecule has 4 heteroatoms. The monoisotopic (exact) mass is 211 g/mol. The number of rotatable bonds is 8. The highest BCUT2D eigenvalue weighted by molar-refractivity contribution is 4.97. The molecule has 4 nitrogen and oxygen atoms in total. The largest absolute Gasteiger partial charge is 0.382 e. The maximum absolute atomic E-state index is 5.28. The Morgan fingerprint density at radius 2 is 2.40 bits per heavy atom. The predicted molar refractivity (Wildman–Crippen MR) is 61.0 cm³/mol. The van der Waals surface area contributed by atoms with E-state index in [9.17, 15) is 0 Å². The first-order valence-electron chi connectivity index (χ1n) is 5.59. The van der Waals surface area contributed by atoms with Gasteiger partial charge in [0.25, 0.3) is 0 Å². The second kappa shape index (κ2) is 7.43. The molecule has 0 aromatic carbocycles. The van der Waals surface area contributed by atoms with Crippen LogP contribution in [0.25, 0.3) is 0 Å². The Labute approximate surface area is 91.7 Å².